The second kappa shape index (κ2) is 8.11. The number of carbonyl (C=O) groups is 1. The predicted molar refractivity (Wildman–Crippen MR) is 95.3 cm³/mol. The lowest BCUT2D eigenvalue weighted by Crippen LogP contribution is -2.33. The van der Waals surface area contributed by atoms with Crippen LogP contribution < -0.4 is 0 Å². The number of carbonyl (C=O) groups excluding carboxylic acids is 1. The Labute approximate surface area is 144 Å². The number of ether oxygens (including phenoxy) is 1. The van der Waals surface area contributed by atoms with E-state index in [2.05, 4.69) is 72.5 Å². The minimum atomic E-state index is 0.0431. The van der Waals surface area contributed by atoms with Gasteiger partial charge >= 0.3 is 0 Å². The van der Waals surface area contributed by atoms with Crippen LogP contribution in [-0.4, -0.2) is 23.5 Å². The van der Waals surface area contributed by atoms with Gasteiger partial charge in [0.1, 0.15) is 6.10 Å². The summed E-state index contributed by atoms with van der Waals surface area (Å²) in [4.78, 5) is 13.3. The van der Waals surface area contributed by atoms with E-state index in [1.54, 1.807) is 0 Å². The van der Waals surface area contributed by atoms with Crippen molar-refractivity contribution in [2.45, 2.75) is 45.0 Å². The molecular weight excluding hydrogens is 298 g/mol. The molecule has 126 valence electrons. The first-order chi connectivity index (χ1) is 11.8. The molecule has 1 aliphatic rings. The van der Waals surface area contributed by atoms with Gasteiger partial charge in [0.2, 0.25) is 0 Å². The van der Waals surface area contributed by atoms with Crippen molar-refractivity contribution in [3.05, 3.63) is 71.8 Å². The maximum Gasteiger partial charge on any atom is 0.293 e. The first kappa shape index (κ1) is 16.7. The summed E-state index contributed by atoms with van der Waals surface area (Å²) < 4.78 is 5.29. The fourth-order valence-electron chi connectivity index (χ4n) is 3.69. The van der Waals surface area contributed by atoms with E-state index in [4.69, 9.17) is 4.74 Å². The van der Waals surface area contributed by atoms with Crippen molar-refractivity contribution < 1.29 is 9.53 Å². The molecule has 2 aromatic rings. The minimum absolute atomic E-state index is 0.0431. The van der Waals surface area contributed by atoms with E-state index in [9.17, 15) is 4.79 Å². The Bertz CT molecular complexity index is 587. The molecular formula is C21H25NO2. The Morgan fingerprint density at radius 2 is 1.50 bits per heavy atom. The van der Waals surface area contributed by atoms with Crippen molar-refractivity contribution in [2.75, 3.05) is 0 Å². The fraction of sp³-hybridized carbons (Fsp3) is 0.381. The first-order valence-electron chi connectivity index (χ1n) is 8.67. The third-order valence-electron chi connectivity index (χ3n) is 4.99. The predicted octanol–water partition coefficient (Wildman–Crippen LogP) is 4.03. The highest BCUT2D eigenvalue weighted by Gasteiger charge is 2.35. The summed E-state index contributed by atoms with van der Waals surface area (Å²) in [5, 5.41) is 0. The van der Waals surface area contributed by atoms with E-state index in [0.717, 1.165) is 25.9 Å². The molecule has 0 heterocycles. The van der Waals surface area contributed by atoms with Crippen molar-refractivity contribution in [3.63, 3.8) is 0 Å². The van der Waals surface area contributed by atoms with E-state index in [1.165, 1.54) is 11.1 Å². The number of benzene rings is 2. The number of rotatable bonds is 7. The van der Waals surface area contributed by atoms with Gasteiger partial charge in [-0.25, -0.2) is 0 Å². The molecule has 1 fully saturated rings. The second-order valence-electron chi connectivity index (χ2n) is 6.75. The molecule has 3 rings (SSSR count). The van der Waals surface area contributed by atoms with Crippen LogP contribution in [0.25, 0.3) is 0 Å². The minimum Gasteiger partial charge on any atom is -0.464 e. The van der Waals surface area contributed by atoms with E-state index in [-0.39, 0.29) is 6.10 Å². The Balaban J connectivity index is 1.75. The van der Waals surface area contributed by atoms with Crippen molar-refractivity contribution >= 4 is 6.47 Å². The fourth-order valence-corrected chi connectivity index (χ4v) is 3.69. The van der Waals surface area contributed by atoms with Gasteiger partial charge < -0.3 is 4.74 Å². The standard InChI is InChI=1S/C21H25NO2/c1-17-12-20(13-21(17)24-16-23)22(14-18-8-4-2-5-9-18)15-19-10-6-3-7-11-19/h2-11,16-17,20-21H,12-15H2,1H3/t17-,20+,21+/m1/s1. The zero-order valence-electron chi connectivity index (χ0n) is 14.2. The molecule has 3 nitrogen and oxygen atoms in total. The normalized spacial score (nSPS) is 23.3. The molecule has 0 amide bonds. The molecule has 1 saturated carbocycles. The third-order valence-corrected chi connectivity index (χ3v) is 4.99. The largest absolute Gasteiger partial charge is 0.464 e. The zero-order chi connectivity index (χ0) is 16.8. The SMILES string of the molecule is C[C@@H]1C[C@H](N(Cc2ccccc2)Cc2ccccc2)C[C@@H]1OC=O. The van der Waals surface area contributed by atoms with Crippen LogP contribution in [0, 0.1) is 5.92 Å². The lowest BCUT2D eigenvalue weighted by Gasteiger charge is -2.29. The Hall–Kier alpha value is -2.13. The second-order valence-corrected chi connectivity index (χ2v) is 6.75. The molecule has 3 atom stereocenters. The van der Waals surface area contributed by atoms with Crippen LogP contribution in [0.3, 0.4) is 0 Å². The monoisotopic (exact) mass is 323 g/mol. The highest BCUT2D eigenvalue weighted by Crippen LogP contribution is 2.33. The molecule has 0 saturated heterocycles. The smallest absolute Gasteiger partial charge is 0.293 e. The van der Waals surface area contributed by atoms with E-state index in [1.807, 2.05) is 0 Å². The van der Waals surface area contributed by atoms with Gasteiger partial charge in [0.05, 0.1) is 0 Å². The van der Waals surface area contributed by atoms with Crippen LogP contribution in [0.2, 0.25) is 0 Å². The number of hydrogen-bond acceptors (Lipinski definition) is 3. The average molecular weight is 323 g/mol. The number of hydrogen-bond donors (Lipinski definition) is 0. The molecule has 2 aromatic carbocycles. The van der Waals surface area contributed by atoms with Crippen LogP contribution in [-0.2, 0) is 22.6 Å². The number of nitrogens with zero attached hydrogens (tertiary/aromatic N) is 1. The Morgan fingerprint density at radius 1 is 0.958 bits per heavy atom. The van der Waals surface area contributed by atoms with Crippen LogP contribution in [0.15, 0.2) is 60.7 Å². The van der Waals surface area contributed by atoms with E-state index in [0.29, 0.717) is 18.4 Å². The molecule has 0 unspecified atom stereocenters. The van der Waals surface area contributed by atoms with Crippen LogP contribution in [0.1, 0.15) is 30.9 Å². The quantitative estimate of drug-likeness (QED) is 0.721. The van der Waals surface area contributed by atoms with Gasteiger partial charge in [0.25, 0.3) is 6.47 Å². The molecule has 0 N–H and O–H groups in total. The maximum atomic E-state index is 10.7. The molecule has 24 heavy (non-hydrogen) atoms. The van der Waals surface area contributed by atoms with Gasteiger partial charge in [-0.3, -0.25) is 9.69 Å². The summed E-state index contributed by atoms with van der Waals surface area (Å²) in [6.45, 7) is 4.61. The van der Waals surface area contributed by atoms with Crippen molar-refractivity contribution in [3.8, 4) is 0 Å². The molecule has 1 aliphatic carbocycles. The summed E-state index contributed by atoms with van der Waals surface area (Å²) in [7, 11) is 0. The molecule has 0 aromatic heterocycles. The Morgan fingerprint density at radius 3 is 2.00 bits per heavy atom. The summed E-state index contributed by atoms with van der Waals surface area (Å²) in [6, 6.07) is 21.6. The zero-order valence-corrected chi connectivity index (χ0v) is 14.2. The van der Waals surface area contributed by atoms with Crippen molar-refractivity contribution in [2.24, 2.45) is 5.92 Å². The van der Waals surface area contributed by atoms with Crippen LogP contribution >= 0.6 is 0 Å². The summed E-state index contributed by atoms with van der Waals surface area (Å²) in [5.74, 6) is 0.411. The van der Waals surface area contributed by atoms with Gasteiger partial charge in [-0.05, 0) is 23.5 Å². The van der Waals surface area contributed by atoms with Gasteiger partial charge in [-0.15, -0.1) is 0 Å². The highest BCUT2D eigenvalue weighted by atomic mass is 16.5. The van der Waals surface area contributed by atoms with Gasteiger partial charge in [0.15, 0.2) is 0 Å². The average Bonchev–Trinajstić information content (AvgIpc) is 2.97. The van der Waals surface area contributed by atoms with Crippen molar-refractivity contribution in [1.82, 2.24) is 4.90 Å². The van der Waals surface area contributed by atoms with E-state index < -0.39 is 0 Å². The topological polar surface area (TPSA) is 29.5 Å². The van der Waals surface area contributed by atoms with Crippen LogP contribution in [0.4, 0.5) is 0 Å². The molecule has 0 spiro atoms. The Kier molecular flexibility index (Phi) is 5.65. The molecule has 0 aliphatic heterocycles. The van der Waals surface area contributed by atoms with Gasteiger partial charge in [0, 0.05) is 25.6 Å². The van der Waals surface area contributed by atoms with E-state index >= 15 is 0 Å². The van der Waals surface area contributed by atoms with Crippen molar-refractivity contribution in [1.29, 1.82) is 0 Å². The van der Waals surface area contributed by atoms with Crippen LogP contribution in [0.5, 0.6) is 0 Å². The highest BCUT2D eigenvalue weighted by molar-refractivity contribution is 5.37. The molecule has 3 heteroatoms. The van der Waals surface area contributed by atoms with Gasteiger partial charge in [-0.2, -0.15) is 0 Å². The summed E-state index contributed by atoms with van der Waals surface area (Å²) in [5.41, 5.74) is 2.64. The maximum absolute atomic E-state index is 10.7. The lowest BCUT2D eigenvalue weighted by molar-refractivity contribution is -0.135. The summed E-state index contributed by atoms with van der Waals surface area (Å²) >= 11 is 0. The molecule has 0 radical (unpaired) electrons. The lowest BCUT2D eigenvalue weighted by atomic mass is 10.1. The van der Waals surface area contributed by atoms with Gasteiger partial charge in [-0.1, -0.05) is 67.6 Å². The third kappa shape index (κ3) is 4.24. The summed E-state index contributed by atoms with van der Waals surface area (Å²) in [6.07, 6.45) is 2.03. The first-order valence-corrected chi connectivity index (χ1v) is 8.67. The molecule has 0 bridgehead atoms.